The van der Waals surface area contributed by atoms with E-state index in [2.05, 4.69) is 10.2 Å². The average molecular weight is 441 g/mol. The van der Waals surface area contributed by atoms with Crippen LogP contribution in [0.3, 0.4) is 0 Å². The van der Waals surface area contributed by atoms with E-state index in [-0.39, 0.29) is 28.3 Å². The summed E-state index contributed by atoms with van der Waals surface area (Å²) in [5.41, 5.74) is -0.0569. The van der Waals surface area contributed by atoms with Crippen molar-refractivity contribution in [2.75, 3.05) is 19.8 Å². The van der Waals surface area contributed by atoms with E-state index in [0.29, 0.717) is 10.6 Å². The fourth-order valence-electron chi connectivity index (χ4n) is 2.49. The summed E-state index contributed by atoms with van der Waals surface area (Å²) >= 11 is 7.36. The minimum Gasteiger partial charge on any atom is -0.348 e. The molecule has 0 N–H and O–H groups in total. The maximum absolute atomic E-state index is 13.2. The first kappa shape index (κ1) is 21.2. The lowest BCUT2D eigenvalue weighted by Crippen LogP contribution is -2.23. The second-order valence-corrected chi connectivity index (χ2v) is 7.60. The second kappa shape index (κ2) is 8.46. The molecule has 2 aromatic carbocycles. The minimum absolute atomic E-state index is 0.0621. The van der Waals surface area contributed by atoms with Crippen molar-refractivity contribution >= 4 is 29.3 Å². The van der Waals surface area contributed by atoms with Gasteiger partial charge < -0.3 is 4.90 Å². The van der Waals surface area contributed by atoms with Crippen LogP contribution < -0.4 is 0 Å². The minimum atomic E-state index is -4.50. The van der Waals surface area contributed by atoms with Crippen LogP contribution in [0.1, 0.15) is 5.56 Å². The fraction of sp³-hybridized carbons (Fsp3) is 0.211. The first-order valence-electron chi connectivity index (χ1n) is 8.39. The van der Waals surface area contributed by atoms with Gasteiger partial charge in [0.1, 0.15) is 0 Å². The maximum atomic E-state index is 13.2. The van der Waals surface area contributed by atoms with Gasteiger partial charge in [-0.25, -0.2) is 0 Å². The van der Waals surface area contributed by atoms with E-state index in [1.807, 2.05) is 0 Å². The topological polar surface area (TPSA) is 51.0 Å². The summed E-state index contributed by atoms with van der Waals surface area (Å²) in [6, 6.07) is 11.7. The molecule has 0 atom stereocenters. The molecular weight excluding hydrogens is 425 g/mol. The monoisotopic (exact) mass is 440 g/mol. The number of nitrogens with zero attached hydrogens (tertiary/aromatic N) is 4. The third-order valence-electron chi connectivity index (χ3n) is 4.00. The Hall–Kier alpha value is -2.52. The van der Waals surface area contributed by atoms with Crippen molar-refractivity contribution in [3.05, 3.63) is 59.1 Å². The molecule has 10 heteroatoms. The highest BCUT2D eigenvalue weighted by Crippen LogP contribution is 2.35. The van der Waals surface area contributed by atoms with Crippen molar-refractivity contribution < 1.29 is 18.0 Å². The molecule has 1 aromatic heterocycles. The van der Waals surface area contributed by atoms with Gasteiger partial charge in [0.2, 0.25) is 5.91 Å². The zero-order valence-electron chi connectivity index (χ0n) is 15.4. The molecule has 1 amide bonds. The van der Waals surface area contributed by atoms with Crippen LogP contribution in [0.4, 0.5) is 13.2 Å². The number of benzene rings is 2. The quantitative estimate of drug-likeness (QED) is 0.535. The molecule has 3 rings (SSSR count). The van der Waals surface area contributed by atoms with Crippen LogP contribution in [0.2, 0.25) is 5.02 Å². The first-order chi connectivity index (χ1) is 13.7. The van der Waals surface area contributed by atoms with E-state index in [0.717, 1.165) is 23.9 Å². The summed E-state index contributed by atoms with van der Waals surface area (Å²) in [4.78, 5) is 13.4. The van der Waals surface area contributed by atoms with E-state index in [9.17, 15) is 18.0 Å². The summed E-state index contributed by atoms with van der Waals surface area (Å²) < 4.78 is 41.1. The molecule has 0 spiro atoms. The van der Waals surface area contributed by atoms with Crippen molar-refractivity contribution in [3.63, 3.8) is 0 Å². The molecule has 0 saturated carbocycles. The second-order valence-electron chi connectivity index (χ2n) is 6.25. The summed E-state index contributed by atoms with van der Waals surface area (Å²) in [7, 11) is 3.24. The van der Waals surface area contributed by atoms with E-state index >= 15 is 0 Å². The SMILES string of the molecule is CN(C)C(=O)CSc1nnc(-c2ccccc2Cl)n1-c1cccc(C(F)(F)F)c1. The number of aromatic nitrogens is 3. The Labute approximate surface area is 174 Å². The van der Waals surface area contributed by atoms with Gasteiger partial charge in [-0.3, -0.25) is 9.36 Å². The number of thioether (sulfide) groups is 1. The molecule has 0 aliphatic carbocycles. The molecule has 3 aromatic rings. The molecule has 0 aliphatic heterocycles. The Kier molecular flexibility index (Phi) is 6.18. The lowest BCUT2D eigenvalue weighted by atomic mass is 10.1. The molecule has 152 valence electrons. The van der Waals surface area contributed by atoms with Gasteiger partial charge in [-0.2, -0.15) is 13.2 Å². The molecule has 0 bridgehead atoms. The number of hydrogen-bond donors (Lipinski definition) is 0. The summed E-state index contributed by atoms with van der Waals surface area (Å²) in [5.74, 6) is 0.190. The van der Waals surface area contributed by atoms with Crippen LogP contribution in [0.25, 0.3) is 17.1 Å². The molecule has 5 nitrogen and oxygen atoms in total. The third kappa shape index (κ3) is 4.73. The summed E-state index contributed by atoms with van der Waals surface area (Å²) in [6.45, 7) is 0. The molecule has 0 aliphatic rings. The molecule has 29 heavy (non-hydrogen) atoms. The predicted octanol–water partition coefficient (Wildman–Crippen LogP) is 4.79. The first-order valence-corrected chi connectivity index (χ1v) is 9.75. The molecule has 0 fully saturated rings. The average Bonchev–Trinajstić information content (AvgIpc) is 3.09. The summed E-state index contributed by atoms with van der Waals surface area (Å²) in [6.07, 6.45) is -4.50. The number of halogens is 4. The van der Waals surface area contributed by atoms with Crippen molar-refractivity contribution in [1.82, 2.24) is 19.7 Å². The zero-order valence-corrected chi connectivity index (χ0v) is 17.0. The van der Waals surface area contributed by atoms with Crippen LogP contribution >= 0.6 is 23.4 Å². The van der Waals surface area contributed by atoms with E-state index in [1.54, 1.807) is 38.4 Å². The number of carbonyl (C=O) groups is 1. The molecule has 0 saturated heterocycles. The molecule has 0 unspecified atom stereocenters. The fourth-order valence-corrected chi connectivity index (χ4v) is 3.64. The van der Waals surface area contributed by atoms with Gasteiger partial charge >= 0.3 is 6.18 Å². The Balaban J connectivity index is 2.13. The van der Waals surface area contributed by atoms with Crippen molar-refractivity contribution in [1.29, 1.82) is 0 Å². The van der Waals surface area contributed by atoms with Gasteiger partial charge in [-0.05, 0) is 30.3 Å². The van der Waals surface area contributed by atoms with E-state index < -0.39 is 11.7 Å². The molecule has 0 radical (unpaired) electrons. The van der Waals surface area contributed by atoms with Crippen molar-refractivity contribution in [2.45, 2.75) is 11.3 Å². The van der Waals surface area contributed by atoms with Gasteiger partial charge in [0, 0.05) is 19.7 Å². The standard InChI is InChI=1S/C19H16ClF3N4OS/c1-26(2)16(28)11-29-18-25-24-17(14-8-3-4-9-15(14)20)27(18)13-7-5-6-12(10-13)19(21,22)23/h3-10H,11H2,1-2H3. The lowest BCUT2D eigenvalue weighted by molar-refractivity contribution is -0.137. The number of carbonyl (C=O) groups excluding carboxylic acids is 1. The Morgan fingerprint density at radius 2 is 1.86 bits per heavy atom. The highest BCUT2D eigenvalue weighted by molar-refractivity contribution is 7.99. The molecular formula is C19H16ClF3N4OS. The van der Waals surface area contributed by atoms with Crippen molar-refractivity contribution in [3.8, 4) is 17.1 Å². The largest absolute Gasteiger partial charge is 0.416 e. The molecule has 1 heterocycles. The Bertz CT molecular complexity index is 1040. The Morgan fingerprint density at radius 1 is 1.14 bits per heavy atom. The van der Waals surface area contributed by atoms with Crippen LogP contribution in [0.15, 0.2) is 53.7 Å². The van der Waals surface area contributed by atoms with Crippen LogP contribution in [-0.2, 0) is 11.0 Å². The normalized spacial score (nSPS) is 11.5. The van der Waals surface area contributed by atoms with Gasteiger partial charge in [-0.1, -0.05) is 41.6 Å². The van der Waals surface area contributed by atoms with Gasteiger partial charge in [0.15, 0.2) is 11.0 Å². The maximum Gasteiger partial charge on any atom is 0.416 e. The zero-order chi connectivity index (χ0) is 21.2. The lowest BCUT2D eigenvalue weighted by Gasteiger charge is -2.14. The number of alkyl halides is 3. The smallest absolute Gasteiger partial charge is 0.348 e. The van der Waals surface area contributed by atoms with E-state index in [1.165, 1.54) is 21.6 Å². The highest BCUT2D eigenvalue weighted by Gasteiger charge is 2.31. The predicted molar refractivity (Wildman–Crippen MR) is 106 cm³/mol. The van der Waals surface area contributed by atoms with Crippen LogP contribution in [0.5, 0.6) is 0 Å². The van der Waals surface area contributed by atoms with Gasteiger partial charge in [-0.15, -0.1) is 10.2 Å². The number of amides is 1. The number of rotatable bonds is 5. The third-order valence-corrected chi connectivity index (χ3v) is 5.25. The van der Waals surface area contributed by atoms with E-state index in [4.69, 9.17) is 11.6 Å². The number of hydrogen-bond acceptors (Lipinski definition) is 4. The van der Waals surface area contributed by atoms with Crippen LogP contribution in [-0.4, -0.2) is 45.4 Å². The van der Waals surface area contributed by atoms with Crippen LogP contribution in [0, 0.1) is 0 Å². The summed E-state index contributed by atoms with van der Waals surface area (Å²) in [5, 5.41) is 8.91. The highest BCUT2D eigenvalue weighted by atomic mass is 35.5. The van der Waals surface area contributed by atoms with Gasteiger partial charge in [0.25, 0.3) is 0 Å². The van der Waals surface area contributed by atoms with Gasteiger partial charge in [0.05, 0.1) is 22.0 Å². The Morgan fingerprint density at radius 3 is 2.52 bits per heavy atom. The van der Waals surface area contributed by atoms with Crippen molar-refractivity contribution in [2.24, 2.45) is 0 Å².